The molecule has 2 aromatic rings. The van der Waals surface area contributed by atoms with E-state index in [4.69, 9.17) is 0 Å². The average molecular weight is 272 g/mol. The van der Waals surface area contributed by atoms with Crippen molar-refractivity contribution >= 4 is 16.9 Å². The third-order valence-corrected chi connectivity index (χ3v) is 4.08. The Morgan fingerprint density at radius 2 is 2.30 bits per heavy atom. The van der Waals surface area contributed by atoms with Gasteiger partial charge in [-0.2, -0.15) is 0 Å². The van der Waals surface area contributed by atoms with Crippen LogP contribution in [0, 0.1) is 0 Å². The zero-order chi connectivity index (χ0) is 14.1. The van der Waals surface area contributed by atoms with Crippen LogP contribution in [0.4, 0.5) is 0 Å². The molecule has 0 saturated carbocycles. The van der Waals surface area contributed by atoms with E-state index in [9.17, 15) is 4.79 Å². The Labute approximate surface area is 118 Å². The molecule has 3 rings (SSSR count). The van der Waals surface area contributed by atoms with Crippen LogP contribution in [0.3, 0.4) is 0 Å². The average Bonchev–Trinajstić information content (AvgIpc) is 2.94. The number of carbonyl (C=O) groups is 1. The van der Waals surface area contributed by atoms with Crippen molar-refractivity contribution in [3.05, 3.63) is 30.1 Å². The van der Waals surface area contributed by atoms with Gasteiger partial charge in [0.2, 0.25) is 0 Å². The maximum atomic E-state index is 12.6. The molecule has 0 spiro atoms. The SMILES string of the molecule is CN(C)C1CCCN(C(=O)c2ccc3nc[nH]c3c2)C1. The van der Waals surface area contributed by atoms with Crippen molar-refractivity contribution in [2.24, 2.45) is 0 Å². The van der Waals surface area contributed by atoms with Gasteiger partial charge < -0.3 is 14.8 Å². The van der Waals surface area contributed by atoms with Crippen molar-refractivity contribution in [3.8, 4) is 0 Å². The van der Waals surface area contributed by atoms with Crippen LogP contribution in [0.5, 0.6) is 0 Å². The monoisotopic (exact) mass is 272 g/mol. The third kappa shape index (κ3) is 2.41. The zero-order valence-electron chi connectivity index (χ0n) is 12.0. The van der Waals surface area contributed by atoms with Crippen molar-refractivity contribution in [1.29, 1.82) is 0 Å². The number of rotatable bonds is 2. The summed E-state index contributed by atoms with van der Waals surface area (Å²) < 4.78 is 0. The minimum atomic E-state index is 0.119. The molecule has 1 aliphatic heterocycles. The lowest BCUT2D eigenvalue weighted by atomic mass is 10.0. The number of aromatic nitrogens is 2. The van der Waals surface area contributed by atoms with Gasteiger partial charge in [0.05, 0.1) is 17.4 Å². The number of hydrogen-bond acceptors (Lipinski definition) is 3. The number of hydrogen-bond donors (Lipinski definition) is 1. The molecule has 20 heavy (non-hydrogen) atoms. The van der Waals surface area contributed by atoms with Crippen LogP contribution in [0.25, 0.3) is 11.0 Å². The molecule has 1 fully saturated rings. The summed E-state index contributed by atoms with van der Waals surface area (Å²) in [5, 5.41) is 0. The van der Waals surface area contributed by atoms with Gasteiger partial charge in [0.15, 0.2) is 0 Å². The Morgan fingerprint density at radius 1 is 1.45 bits per heavy atom. The van der Waals surface area contributed by atoms with Crippen molar-refractivity contribution < 1.29 is 4.79 Å². The second-order valence-electron chi connectivity index (χ2n) is 5.65. The van der Waals surface area contributed by atoms with Crippen LogP contribution in [0.1, 0.15) is 23.2 Å². The van der Waals surface area contributed by atoms with E-state index in [2.05, 4.69) is 29.0 Å². The van der Waals surface area contributed by atoms with Gasteiger partial charge in [-0.05, 0) is 45.1 Å². The molecule has 1 amide bonds. The molecule has 5 nitrogen and oxygen atoms in total. The summed E-state index contributed by atoms with van der Waals surface area (Å²) in [5.74, 6) is 0.119. The largest absolute Gasteiger partial charge is 0.345 e. The van der Waals surface area contributed by atoms with Gasteiger partial charge in [0.1, 0.15) is 0 Å². The first-order chi connectivity index (χ1) is 9.65. The maximum Gasteiger partial charge on any atom is 0.253 e. The molecular weight excluding hydrogens is 252 g/mol. The van der Waals surface area contributed by atoms with Crippen molar-refractivity contribution in [3.63, 3.8) is 0 Å². The number of carbonyl (C=O) groups excluding carboxylic acids is 1. The predicted molar refractivity (Wildman–Crippen MR) is 78.7 cm³/mol. The van der Waals surface area contributed by atoms with E-state index in [0.717, 1.165) is 42.5 Å². The first-order valence-electron chi connectivity index (χ1n) is 7.04. The highest BCUT2D eigenvalue weighted by Crippen LogP contribution is 2.18. The van der Waals surface area contributed by atoms with Crippen LogP contribution in [-0.4, -0.2) is 58.9 Å². The Kier molecular flexibility index (Phi) is 3.44. The maximum absolute atomic E-state index is 12.6. The van der Waals surface area contributed by atoms with Gasteiger partial charge in [-0.15, -0.1) is 0 Å². The fourth-order valence-corrected chi connectivity index (χ4v) is 2.81. The predicted octanol–water partition coefficient (Wildman–Crippen LogP) is 1.73. The first kappa shape index (κ1) is 13.1. The van der Waals surface area contributed by atoms with Gasteiger partial charge >= 0.3 is 0 Å². The summed E-state index contributed by atoms with van der Waals surface area (Å²) >= 11 is 0. The van der Waals surface area contributed by atoms with Gasteiger partial charge in [0.25, 0.3) is 5.91 Å². The van der Waals surface area contributed by atoms with E-state index in [0.29, 0.717) is 6.04 Å². The summed E-state index contributed by atoms with van der Waals surface area (Å²) in [5.41, 5.74) is 2.55. The number of likely N-dealkylation sites (tertiary alicyclic amines) is 1. The van der Waals surface area contributed by atoms with Crippen LogP contribution >= 0.6 is 0 Å². The molecule has 0 bridgehead atoms. The molecule has 5 heteroatoms. The fraction of sp³-hybridized carbons (Fsp3) is 0.467. The van der Waals surface area contributed by atoms with Gasteiger partial charge in [0, 0.05) is 24.7 Å². The third-order valence-electron chi connectivity index (χ3n) is 4.08. The van der Waals surface area contributed by atoms with Gasteiger partial charge in [-0.25, -0.2) is 4.98 Å². The second kappa shape index (κ2) is 5.25. The smallest absolute Gasteiger partial charge is 0.253 e. The number of nitrogens with zero attached hydrogens (tertiary/aromatic N) is 3. The molecule has 2 heterocycles. The Bertz CT molecular complexity index is 619. The van der Waals surface area contributed by atoms with Crippen molar-refractivity contribution in [1.82, 2.24) is 19.8 Å². The summed E-state index contributed by atoms with van der Waals surface area (Å²) in [6.07, 6.45) is 3.89. The van der Waals surface area contributed by atoms with Gasteiger partial charge in [-0.1, -0.05) is 0 Å². The summed E-state index contributed by atoms with van der Waals surface area (Å²) in [6, 6.07) is 6.12. The molecule has 1 aliphatic rings. The minimum absolute atomic E-state index is 0.119. The zero-order valence-corrected chi connectivity index (χ0v) is 12.0. The summed E-state index contributed by atoms with van der Waals surface area (Å²) in [6.45, 7) is 1.66. The Hall–Kier alpha value is -1.88. The molecule has 1 unspecified atom stereocenters. The number of piperidine rings is 1. The molecule has 0 aliphatic carbocycles. The molecule has 1 saturated heterocycles. The number of amides is 1. The normalized spacial score (nSPS) is 19.8. The van der Waals surface area contributed by atoms with Crippen molar-refractivity contribution in [2.45, 2.75) is 18.9 Å². The van der Waals surface area contributed by atoms with Crippen LogP contribution in [-0.2, 0) is 0 Å². The van der Waals surface area contributed by atoms with Crippen LogP contribution in [0.15, 0.2) is 24.5 Å². The Balaban J connectivity index is 1.80. The second-order valence-corrected chi connectivity index (χ2v) is 5.65. The number of nitrogens with one attached hydrogen (secondary N) is 1. The number of aromatic amines is 1. The van der Waals surface area contributed by atoms with Crippen molar-refractivity contribution in [2.75, 3.05) is 27.2 Å². The molecule has 1 aromatic heterocycles. The van der Waals surface area contributed by atoms with Gasteiger partial charge in [-0.3, -0.25) is 4.79 Å². The van der Waals surface area contributed by atoms with E-state index in [1.54, 1.807) is 6.33 Å². The molecule has 1 aromatic carbocycles. The lowest BCUT2D eigenvalue weighted by molar-refractivity contribution is 0.0635. The molecule has 1 atom stereocenters. The Morgan fingerprint density at radius 3 is 3.10 bits per heavy atom. The standard InChI is InChI=1S/C15H20N4O/c1-18(2)12-4-3-7-19(9-12)15(20)11-5-6-13-14(8-11)17-10-16-13/h5-6,8,10,12H,3-4,7,9H2,1-2H3,(H,16,17). The highest BCUT2D eigenvalue weighted by atomic mass is 16.2. The molecule has 0 radical (unpaired) electrons. The summed E-state index contributed by atoms with van der Waals surface area (Å²) in [7, 11) is 4.16. The van der Waals surface area contributed by atoms with E-state index >= 15 is 0 Å². The topological polar surface area (TPSA) is 52.2 Å². The van der Waals surface area contributed by atoms with E-state index in [1.807, 2.05) is 23.1 Å². The fourth-order valence-electron chi connectivity index (χ4n) is 2.81. The molecule has 106 valence electrons. The number of imidazole rings is 1. The minimum Gasteiger partial charge on any atom is -0.345 e. The number of likely N-dealkylation sites (N-methyl/N-ethyl adjacent to an activating group) is 1. The van der Waals surface area contributed by atoms with E-state index in [1.165, 1.54) is 0 Å². The number of H-pyrrole nitrogens is 1. The molecule has 1 N–H and O–H groups in total. The summed E-state index contributed by atoms with van der Waals surface area (Å²) in [4.78, 5) is 24.0. The lowest BCUT2D eigenvalue weighted by Crippen LogP contribution is -2.47. The quantitative estimate of drug-likeness (QED) is 0.906. The first-order valence-corrected chi connectivity index (χ1v) is 7.04. The molecular formula is C15H20N4O. The number of fused-ring (bicyclic) bond motifs is 1. The van der Waals surface area contributed by atoms with E-state index < -0.39 is 0 Å². The highest BCUT2D eigenvalue weighted by molar-refractivity contribution is 5.97. The number of benzene rings is 1. The van der Waals surface area contributed by atoms with Crippen LogP contribution < -0.4 is 0 Å². The van der Waals surface area contributed by atoms with E-state index in [-0.39, 0.29) is 5.91 Å². The van der Waals surface area contributed by atoms with Crippen LogP contribution in [0.2, 0.25) is 0 Å². The highest BCUT2D eigenvalue weighted by Gasteiger charge is 2.25. The lowest BCUT2D eigenvalue weighted by Gasteiger charge is -2.36.